The van der Waals surface area contributed by atoms with E-state index < -0.39 is 20.9 Å². The minimum Gasteiger partial charge on any atom is -0.369 e. The SMILES string of the molecule is Cc1ccc(S(=O)(=O)OCCC2CCN(c3ccc([N+](=O)[O-])cc3F)CC2)cc1. The van der Waals surface area contributed by atoms with Crippen molar-refractivity contribution in [2.24, 2.45) is 5.92 Å². The van der Waals surface area contributed by atoms with Gasteiger partial charge in [0.2, 0.25) is 0 Å². The van der Waals surface area contributed by atoms with Gasteiger partial charge < -0.3 is 4.90 Å². The summed E-state index contributed by atoms with van der Waals surface area (Å²) in [5.74, 6) is -0.328. The van der Waals surface area contributed by atoms with Crippen LogP contribution in [0.1, 0.15) is 24.8 Å². The maximum atomic E-state index is 14.2. The largest absolute Gasteiger partial charge is 0.369 e. The number of benzene rings is 2. The van der Waals surface area contributed by atoms with Gasteiger partial charge in [0, 0.05) is 19.2 Å². The number of hydrogen-bond donors (Lipinski definition) is 0. The molecule has 0 saturated carbocycles. The molecule has 1 aliphatic heterocycles. The van der Waals surface area contributed by atoms with Gasteiger partial charge in [0.15, 0.2) is 5.82 Å². The summed E-state index contributed by atoms with van der Waals surface area (Å²) in [6, 6.07) is 10.2. The number of nitrogens with zero attached hydrogens (tertiary/aromatic N) is 2. The Hall–Kier alpha value is -2.52. The lowest BCUT2D eigenvalue weighted by Gasteiger charge is -2.33. The molecule has 2 aromatic carbocycles. The zero-order valence-corrected chi connectivity index (χ0v) is 16.9. The molecule has 0 unspecified atom stereocenters. The highest BCUT2D eigenvalue weighted by Gasteiger charge is 2.23. The van der Waals surface area contributed by atoms with Crippen LogP contribution in [-0.4, -0.2) is 33.0 Å². The Balaban J connectivity index is 1.49. The average molecular weight is 422 g/mol. The summed E-state index contributed by atoms with van der Waals surface area (Å²) in [5, 5.41) is 10.7. The van der Waals surface area contributed by atoms with Crippen molar-refractivity contribution in [1.29, 1.82) is 0 Å². The first-order valence-corrected chi connectivity index (χ1v) is 10.8. The second-order valence-electron chi connectivity index (χ2n) is 7.20. The number of piperidine rings is 1. The van der Waals surface area contributed by atoms with Gasteiger partial charge >= 0.3 is 0 Å². The molecule has 0 aliphatic carbocycles. The molecule has 9 heteroatoms. The predicted octanol–water partition coefficient (Wildman–Crippen LogP) is 4.05. The minimum atomic E-state index is -3.76. The molecule has 0 radical (unpaired) electrons. The van der Waals surface area contributed by atoms with Crippen molar-refractivity contribution in [2.75, 3.05) is 24.6 Å². The van der Waals surface area contributed by atoms with Gasteiger partial charge in [0.05, 0.1) is 28.2 Å². The van der Waals surface area contributed by atoms with Gasteiger partial charge in [0.1, 0.15) is 0 Å². The highest BCUT2D eigenvalue weighted by Crippen LogP contribution is 2.29. The Bertz CT molecular complexity index is 971. The lowest BCUT2D eigenvalue weighted by atomic mass is 9.93. The van der Waals surface area contributed by atoms with Crippen LogP contribution in [0.2, 0.25) is 0 Å². The van der Waals surface area contributed by atoms with Crippen molar-refractivity contribution in [3.05, 3.63) is 64.0 Å². The van der Waals surface area contributed by atoms with E-state index in [1.165, 1.54) is 24.3 Å². The monoisotopic (exact) mass is 422 g/mol. The van der Waals surface area contributed by atoms with Crippen LogP contribution in [0.25, 0.3) is 0 Å². The van der Waals surface area contributed by atoms with Gasteiger partial charge in [-0.15, -0.1) is 0 Å². The molecular formula is C20H23FN2O5S. The van der Waals surface area contributed by atoms with E-state index in [-0.39, 0.29) is 23.1 Å². The van der Waals surface area contributed by atoms with E-state index in [2.05, 4.69) is 0 Å². The molecule has 0 atom stereocenters. The van der Waals surface area contributed by atoms with Crippen LogP contribution in [0, 0.1) is 28.8 Å². The molecule has 2 aromatic rings. The van der Waals surface area contributed by atoms with Crippen LogP contribution in [0.5, 0.6) is 0 Å². The quantitative estimate of drug-likeness (QED) is 0.380. The number of aryl methyl sites for hydroxylation is 1. The summed E-state index contributed by atoms with van der Waals surface area (Å²) in [4.78, 5) is 12.1. The normalized spacial score (nSPS) is 15.4. The standard InChI is InChI=1S/C20H23FN2O5S/c1-15-2-5-18(6-3-15)29(26,27)28-13-10-16-8-11-22(12-9-16)20-7-4-17(23(24)25)14-19(20)21/h2-7,14,16H,8-13H2,1H3. The first-order valence-electron chi connectivity index (χ1n) is 9.41. The van der Waals surface area contributed by atoms with Gasteiger partial charge in [-0.25, -0.2) is 4.39 Å². The average Bonchev–Trinajstić information content (AvgIpc) is 2.69. The third-order valence-corrected chi connectivity index (χ3v) is 6.50. The molecule has 0 N–H and O–H groups in total. The highest BCUT2D eigenvalue weighted by atomic mass is 32.2. The number of hydrogen-bond acceptors (Lipinski definition) is 6. The Labute approximate surface area is 169 Å². The first-order chi connectivity index (χ1) is 13.8. The van der Waals surface area contributed by atoms with Crippen molar-refractivity contribution >= 4 is 21.5 Å². The summed E-state index contributed by atoms with van der Waals surface area (Å²) in [7, 11) is -3.76. The molecule has 29 heavy (non-hydrogen) atoms. The van der Waals surface area contributed by atoms with Gasteiger partial charge in [-0.1, -0.05) is 17.7 Å². The maximum absolute atomic E-state index is 14.2. The van der Waals surface area contributed by atoms with Crippen LogP contribution < -0.4 is 4.90 Å². The molecule has 1 heterocycles. The maximum Gasteiger partial charge on any atom is 0.296 e. The fourth-order valence-corrected chi connectivity index (χ4v) is 4.35. The van der Waals surface area contributed by atoms with Crippen LogP contribution in [0.4, 0.5) is 15.8 Å². The Morgan fingerprint density at radius 1 is 1.17 bits per heavy atom. The number of non-ortho nitro benzene ring substituents is 1. The highest BCUT2D eigenvalue weighted by molar-refractivity contribution is 7.86. The minimum absolute atomic E-state index is 0.104. The van der Waals surface area contributed by atoms with Crippen molar-refractivity contribution in [1.82, 2.24) is 0 Å². The molecule has 1 aliphatic rings. The predicted molar refractivity (Wildman–Crippen MR) is 107 cm³/mol. The molecule has 7 nitrogen and oxygen atoms in total. The van der Waals surface area contributed by atoms with E-state index >= 15 is 0 Å². The first kappa shape index (κ1) is 21.2. The lowest BCUT2D eigenvalue weighted by molar-refractivity contribution is -0.385. The number of rotatable bonds is 7. The third kappa shape index (κ3) is 5.30. The second kappa shape index (κ2) is 8.87. The number of nitro benzene ring substituents is 1. The topological polar surface area (TPSA) is 89.8 Å². The van der Waals surface area contributed by atoms with Crippen LogP contribution in [-0.2, 0) is 14.3 Å². The van der Waals surface area contributed by atoms with E-state index in [4.69, 9.17) is 4.18 Å². The number of halogens is 1. The van der Waals surface area contributed by atoms with Gasteiger partial charge in [-0.2, -0.15) is 8.42 Å². The molecule has 3 rings (SSSR count). The molecular weight excluding hydrogens is 399 g/mol. The molecule has 1 fully saturated rings. The number of nitro groups is 1. The van der Waals surface area contributed by atoms with Crippen molar-refractivity contribution in [3.8, 4) is 0 Å². The molecule has 0 bridgehead atoms. The fraction of sp³-hybridized carbons (Fsp3) is 0.400. The van der Waals surface area contributed by atoms with Crippen molar-refractivity contribution < 1.29 is 21.9 Å². The fourth-order valence-electron chi connectivity index (χ4n) is 3.43. The third-order valence-electron chi connectivity index (χ3n) is 5.17. The van der Waals surface area contributed by atoms with E-state index in [9.17, 15) is 22.9 Å². The van der Waals surface area contributed by atoms with E-state index in [0.717, 1.165) is 24.5 Å². The molecule has 0 amide bonds. The van der Waals surface area contributed by atoms with Crippen LogP contribution in [0.3, 0.4) is 0 Å². The summed E-state index contributed by atoms with van der Waals surface area (Å²) < 4.78 is 43.8. The van der Waals surface area contributed by atoms with Crippen molar-refractivity contribution in [3.63, 3.8) is 0 Å². The zero-order chi connectivity index (χ0) is 21.0. The van der Waals surface area contributed by atoms with E-state index in [1.54, 1.807) is 12.1 Å². The summed E-state index contributed by atoms with van der Waals surface area (Å²) in [6.45, 7) is 3.19. The molecule has 1 saturated heterocycles. The van der Waals surface area contributed by atoms with Crippen LogP contribution >= 0.6 is 0 Å². The van der Waals surface area contributed by atoms with Crippen LogP contribution in [0.15, 0.2) is 47.4 Å². The Morgan fingerprint density at radius 2 is 1.83 bits per heavy atom. The molecule has 0 aromatic heterocycles. The Morgan fingerprint density at radius 3 is 2.41 bits per heavy atom. The summed E-state index contributed by atoms with van der Waals surface area (Å²) in [5.41, 5.74) is 1.06. The van der Waals surface area contributed by atoms with Gasteiger partial charge in [-0.05, 0) is 50.3 Å². The van der Waals surface area contributed by atoms with Crippen molar-refractivity contribution in [2.45, 2.75) is 31.1 Å². The van der Waals surface area contributed by atoms with Gasteiger partial charge in [-0.3, -0.25) is 14.3 Å². The van der Waals surface area contributed by atoms with Gasteiger partial charge in [0.25, 0.3) is 15.8 Å². The van der Waals surface area contributed by atoms with E-state index in [0.29, 0.717) is 25.2 Å². The number of anilines is 1. The Kier molecular flexibility index (Phi) is 6.49. The lowest BCUT2D eigenvalue weighted by Crippen LogP contribution is -2.34. The summed E-state index contributed by atoms with van der Waals surface area (Å²) in [6.07, 6.45) is 2.14. The summed E-state index contributed by atoms with van der Waals surface area (Å²) >= 11 is 0. The smallest absolute Gasteiger partial charge is 0.296 e. The zero-order valence-electron chi connectivity index (χ0n) is 16.1. The van der Waals surface area contributed by atoms with E-state index in [1.807, 2.05) is 11.8 Å². The molecule has 156 valence electrons. The second-order valence-corrected chi connectivity index (χ2v) is 8.82. The molecule has 0 spiro atoms.